The van der Waals surface area contributed by atoms with Crippen molar-refractivity contribution in [2.75, 3.05) is 13.1 Å². The molecule has 1 aliphatic heterocycles. The fourth-order valence-electron chi connectivity index (χ4n) is 3.25. The molecule has 0 unspecified atom stereocenters. The number of carbonyl (C=O) groups excluding carboxylic acids is 1. The Morgan fingerprint density at radius 2 is 2.00 bits per heavy atom. The number of rotatable bonds is 5. The number of nitrogens with zero attached hydrogens (tertiary/aromatic N) is 2. The number of nitrogens with one attached hydrogen (secondary N) is 1. The maximum atomic E-state index is 12.7. The van der Waals surface area contributed by atoms with E-state index in [1.165, 1.54) is 38.5 Å². The quantitative estimate of drug-likeness (QED) is 0.905. The number of likely N-dealkylation sites (tertiary alicyclic amines) is 1. The van der Waals surface area contributed by atoms with Crippen molar-refractivity contribution >= 4 is 17.2 Å². The lowest BCUT2D eigenvalue weighted by molar-refractivity contribution is -0.126. The lowest BCUT2D eigenvalue weighted by Crippen LogP contribution is -2.46. The van der Waals surface area contributed by atoms with Gasteiger partial charge in [-0.1, -0.05) is 12.8 Å². The summed E-state index contributed by atoms with van der Waals surface area (Å²) in [6.45, 7) is 6.18. The molecule has 1 saturated heterocycles. The van der Waals surface area contributed by atoms with Crippen molar-refractivity contribution in [2.24, 2.45) is 5.92 Å². The van der Waals surface area contributed by atoms with E-state index < -0.39 is 0 Å². The molecule has 5 heteroatoms. The summed E-state index contributed by atoms with van der Waals surface area (Å²) in [7, 11) is 0. The van der Waals surface area contributed by atoms with Crippen LogP contribution in [0.4, 0.5) is 0 Å². The number of aryl methyl sites for hydroxylation is 1. The molecule has 122 valence electrons. The standard InChI is InChI=1S/C17H27N3OS/c1-12-11-22-17(18-12)15(14-7-8-14)19-16(21)13(2)20-9-5-3-4-6-10-20/h11,13-15H,3-10H2,1-2H3,(H,19,21)/t13-,15+/m1/s1. The Bertz CT molecular complexity index is 504. The third kappa shape index (κ3) is 3.87. The summed E-state index contributed by atoms with van der Waals surface area (Å²) in [5.41, 5.74) is 1.06. The van der Waals surface area contributed by atoms with Crippen LogP contribution < -0.4 is 5.32 Å². The molecule has 2 atom stereocenters. The van der Waals surface area contributed by atoms with Gasteiger partial charge in [-0.3, -0.25) is 9.69 Å². The Labute approximate surface area is 137 Å². The predicted molar refractivity (Wildman–Crippen MR) is 90.0 cm³/mol. The third-order valence-corrected chi connectivity index (χ3v) is 5.91. The molecule has 1 saturated carbocycles. The highest BCUT2D eigenvalue weighted by Crippen LogP contribution is 2.41. The monoisotopic (exact) mass is 321 g/mol. The van der Waals surface area contributed by atoms with Gasteiger partial charge in [-0.05, 0) is 58.5 Å². The van der Waals surface area contributed by atoms with Crippen molar-refractivity contribution in [3.05, 3.63) is 16.1 Å². The zero-order valence-electron chi connectivity index (χ0n) is 13.7. The summed E-state index contributed by atoms with van der Waals surface area (Å²) >= 11 is 1.68. The van der Waals surface area contributed by atoms with Gasteiger partial charge in [-0.15, -0.1) is 11.3 Å². The second-order valence-electron chi connectivity index (χ2n) is 6.78. The molecular weight excluding hydrogens is 294 g/mol. The third-order valence-electron chi connectivity index (χ3n) is 4.86. The molecule has 1 amide bonds. The van der Waals surface area contributed by atoms with E-state index in [0.29, 0.717) is 5.92 Å². The molecule has 0 aromatic carbocycles. The van der Waals surface area contributed by atoms with Gasteiger partial charge in [-0.25, -0.2) is 4.98 Å². The molecule has 0 radical (unpaired) electrons. The summed E-state index contributed by atoms with van der Waals surface area (Å²) in [5.74, 6) is 0.762. The fourth-order valence-corrected chi connectivity index (χ4v) is 4.19. The van der Waals surface area contributed by atoms with E-state index in [0.717, 1.165) is 23.8 Å². The first-order valence-corrected chi connectivity index (χ1v) is 9.49. The molecular formula is C17H27N3OS. The molecule has 2 aliphatic rings. The van der Waals surface area contributed by atoms with E-state index in [1.807, 2.05) is 6.92 Å². The average molecular weight is 321 g/mol. The van der Waals surface area contributed by atoms with Crippen molar-refractivity contribution < 1.29 is 4.79 Å². The first-order chi connectivity index (χ1) is 10.6. The summed E-state index contributed by atoms with van der Waals surface area (Å²) in [6.07, 6.45) is 7.45. The molecule has 3 rings (SSSR count). The van der Waals surface area contributed by atoms with Gasteiger partial charge < -0.3 is 5.32 Å². The Hall–Kier alpha value is -0.940. The first kappa shape index (κ1) is 15.9. The highest BCUT2D eigenvalue weighted by atomic mass is 32.1. The maximum Gasteiger partial charge on any atom is 0.237 e. The van der Waals surface area contributed by atoms with Gasteiger partial charge in [0.2, 0.25) is 5.91 Å². The number of hydrogen-bond acceptors (Lipinski definition) is 4. The van der Waals surface area contributed by atoms with E-state index in [9.17, 15) is 4.79 Å². The summed E-state index contributed by atoms with van der Waals surface area (Å²) in [5, 5.41) is 6.45. The Kier molecular flexibility index (Phi) is 5.14. The van der Waals surface area contributed by atoms with Crippen LogP contribution in [0.5, 0.6) is 0 Å². The minimum atomic E-state index is -0.0274. The van der Waals surface area contributed by atoms with E-state index in [-0.39, 0.29) is 18.0 Å². The molecule has 4 nitrogen and oxygen atoms in total. The molecule has 1 aromatic heterocycles. The molecule has 22 heavy (non-hydrogen) atoms. The van der Waals surface area contributed by atoms with Crippen molar-refractivity contribution in [1.29, 1.82) is 0 Å². The highest BCUT2D eigenvalue weighted by molar-refractivity contribution is 7.09. The fraction of sp³-hybridized carbons (Fsp3) is 0.765. The van der Waals surface area contributed by atoms with Crippen LogP contribution in [0.25, 0.3) is 0 Å². The highest BCUT2D eigenvalue weighted by Gasteiger charge is 2.36. The zero-order chi connectivity index (χ0) is 15.5. The van der Waals surface area contributed by atoms with Gasteiger partial charge in [-0.2, -0.15) is 0 Å². The van der Waals surface area contributed by atoms with Crippen molar-refractivity contribution in [3.63, 3.8) is 0 Å². The molecule has 1 aromatic rings. The molecule has 1 N–H and O–H groups in total. The Morgan fingerprint density at radius 1 is 1.32 bits per heavy atom. The molecule has 1 aliphatic carbocycles. The topological polar surface area (TPSA) is 45.2 Å². The number of aromatic nitrogens is 1. The molecule has 0 spiro atoms. The largest absolute Gasteiger partial charge is 0.345 e. The summed E-state index contributed by atoms with van der Waals surface area (Å²) in [4.78, 5) is 19.7. The van der Waals surface area contributed by atoms with Crippen LogP contribution >= 0.6 is 11.3 Å². The predicted octanol–water partition coefficient (Wildman–Crippen LogP) is 3.28. The Balaban J connectivity index is 1.63. The number of amides is 1. The maximum absolute atomic E-state index is 12.7. The second kappa shape index (κ2) is 7.09. The first-order valence-electron chi connectivity index (χ1n) is 8.61. The number of thiazole rings is 1. The Morgan fingerprint density at radius 3 is 2.55 bits per heavy atom. The van der Waals surface area contributed by atoms with Crippen LogP contribution in [0.1, 0.15) is 62.2 Å². The minimum Gasteiger partial charge on any atom is -0.345 e. The van der Waals surface area contributed by atoms with Crippen LogP contribution in [0.2, 0.25) is 0 Å². The number of hydrogen-bond donors (Lipinski definition) is 1. The SMILES string of the molecule is Cc1csc([C@@H](NC(=O)[C@@H](C)N2CCCCCC2)C2CC2)n1. The summed E-state index contributed by atoms with van der Waals surface area (Å²) < 4.78 is 0. The van der Waals surface area contributed by atoms with E-state index in [1.54, 1.807) is 11.3 Å². The van der Waals surface area contributed by atoms with Crippen molar-refractivity contribution in [1.82, 2.24) is 15.2 Å². The molecule has 0 bridgehead atoms. The van der Waals surface area contributed by atoms with Crippen LogP contribution in [0.15, 0.2) is 5.38 Å². The van der Waals surface area contributed by atoms with Gasteiger partial charge in [0.1, 0.15) is 5.01 Å². The van der Waals surface area contributed by atoms with Gasteiger partial charge in [0.05, 0.1) is 12.1 Å². The van der Waals surface area contributed by atoms with Gasteiger partial charge >= 0.3 is 0 Å². The summed E-state index contributed by atoms with van der Waals surface area (Å²) in [6, 6.07) is 0.0982. The lowest BCUT2D eigenvalue weighted by Gasteiger charge is -2.28. The number of carbonyl (C=O) groups is 1. The molecule has 2 heterocycles. The van der Waals surface area contributed by atoms with E-state index in [4.69, 9.17) is 0 Å². The van der Waals surface area contributed by atoms with Crippen LogP contribution in [0.3, 0.4) is 0 Å². The smallest absolute Gasteiger partial charge is 0.237 e. The second-order valence-corrected chi connectivity index (χ2v) is 7.67. The minimum absolute atomic E-state index is 0.0274. The van der Waals surface area contributed by atoms with E-state index in [2.05, 4.69) is 27.5 Å². The van der Waals surface area contributed by atoms with Crippen LogP contribution in [-0.4, -0.2) is 34.9 Å². The van der Waals surface area contributed by atoms with Crippen LogP contribution in [0, 0.1) is 12.8 Å². The zero-order valence-corrected chi connectivity index (χ0v) is 14.5. The lowest BCUT2D eigenvalue weighted by atomic mass is 10.1. The average Bonchev–Trinajstić information content (AvgIpc) is 3.30. The van der Waals surface area contributed by atoms with Crippen molar-refractivity contribution in [2.45, 2.75) is 64.5 Å². The normalized spacial score (nSPS) is 22.8. The van der Waals surface area contributed by atoms with E-state index >= 15 is 0 Å². The van der Waals surface area contributed by atoms with Gasteiger partial charge in [0.25, 0.3) is 0 Å². The van der Waals surface area contributed by atoms with Crippen LogP contribution in [-0.2, 0) is 4.79 Å². The molecule has 2 fully saturated rings. The van der Waals surface area contributed by atoms with Gasteiger partial charge in [0, 0.05) is 11.1 Å². The van der Waals surface area contributed by atoms with Gasteiger partial charge in [0.15, 0.2) is 0 Å². The van der Waals surface area contributed by atoms with Crippen molar-refractivity contribution in [3.8, 4) is 0 Å².